The van der Waals surface area contributed by atoms with E-state index in [9.17, 15) is 18.4 Å². The molecule has 0 fully saturated rings. The lowest BCUT2D eigenvalue weighted by Gasteiger charge is -2.15. The molecular weight excluding hydrogens is 326 g/mol. The van der Waals surface area contributed by atoms with Crippen molar-refractivity contribution in [3.8, 4) is 5.69 Å². The molecule has 118 valence electrons. The molecule has 0 saturated heterocycles. The van der Waals surface area contributed by atoms with Crippen LogP contribution in [0.5, 0.6) is 0 Å². The summed E-state index contributed by atoms with van der Waals surface area (Å²) in [6.07, 6.45) is 0. The van der Waals surface area contributed by atoms with Gasteiger partial charge in [-0.1, -0.05) is 29.8 Å². The number of H-pyrrole nitrogens is 1. The zero-order valence-electron chi connectivity index (χ0n) is 11.9. The Labute approximate surface area is 134 Å². The summed E-state index contributed by atoms with van der Waals surface area (Å²) in [5, 5.41) is 0.383. The third-order valence-electron chi connectivity index (χ3n) is 3.51. The number of aromatic amines is 1. The first-order valence-electron chi connectivity index (χ1n) is 6.71. The molecule has 7 heteroatoms. The topological polar surface area (TPSA) is 54.9 Å². The van der Waals surface area contributed by atoms with Gasteiger partial charge >= 0.3 is 5.69 Å². The molecule has 0 aliphatic heterocycles. The number of aromatic nitrogens is 2. The average molecular weight is 337 g/mol. The van der Waals surface area contributed by atoms with Crippen LogP contribution in [0.4, 0.5) is 8.78 Å². The average Bonchev–Trinajstić information content (AvgIpc) is 2.47. The van der Waals surface area contributed by atoms with E-state index in [4.69, 9.17) is 11.6 Å². The van der Waals surface area contributed by atoms with Crippen LogP contribution in [-0.4, -0.2) is 9.55 Å². The molecule has 2 aromatic carbocycles. The molecule has 0 spiro atoms. The highest BCUT2D eigenvalue weighted by atomic mass is 35.5. The highest BCUT2D eigenvalue weighted by Crippen LogP contribution is 2.29. The van der Waals surface area contributed by atoms with E-state index < -0.39 is 17.2 Å². The van der Waals surface area contributed by atoms with Gasteiger partial charge in [0.1, 0.15) is 0 Å². The molecule has 0 aliphatic rings. The number of halogens is 3. The first-order chi connectivity index (χ1) is 10.8. The van der Waals surface area contributed by atoms with Gasteiger partial charge in [0.2, 0.25) is 0 Å². The van der Waals surface area contributed by atoms with Crippen molar-refractivity contribution < 1.29 is 8.78 Å². The summed E-state index contributed by atoms with van der Waals surface area (Å²) < 4.78 is 28.3. The second-order valence-corrected chi connectivity index (χ2v) is 5.57. The molecule has 1 aromatic heterocycles. The smallest absolute Gasteiger partial charge is 0.273 e. The number of alkyl halides is 2. The number of benzene rings is 2. The molecule has 0 atom stereocenters. The van der Waals surface area contributed by atoms with Gasteiger partial charge in [0.05, 0.1) is 21.6 Å². The van der Waals surface area contributed by atoms with Crippen molar-refractivity contribution in [2.45, 2.75) is 12.8 Å². The maximum Gasteiger partial charge on any atom is 0.333 e. The summed E-state index contributed by atoms with van der Waals surface area (Å²) in [4.78, 5) is 26.3. The number of hydrogen-bond donors (Lipinski definition) is 1. The van der Waals surface area contributed by atoms with Gasteiger partial charge in [-0.3, -0.25) is 14.3 Å². The van der Waals surface area contributed by atoms with E-state index in [0.717, 1.165) is 17.6 Å². The molecule has 0 saturated carbocycles. The van der Waals surface area contributed by atoms with Crippen LogP contribution in [0, 0.1) is 0 Å². The third kappa shape index (κ3) is 2.66. The minimum Gasteiger partial charge on any atom is -0.273 e. The minimum atomic E-state index is -3.10. The highest BCUT2D eigenvalue weighted by molar-refractivity contribution is 6.32. The lowest BCUT2D eigenvalue weighted by molar-refractivity contribution is 0.0176. The third-order valence-corrected chi connectivity index (χ3v) is 3.83. The fraction of sp³-hybridized carbons (Fsp3) is 0.125. The van der Waals surface area contributed by atoms with Crippen molar-refractivity contribution in [3.63, 3.8) is 0 Å². The second kappa shape index (κ2) is 5.31. The summed E-state index contributed by atoms with van der Waals surface area (Å²) in [6, 6.07) is 10.0. The maximum atomic E-state index is 13.6. The maximum absolute atomic E-state index is 13.6. The van der Waals surface area contributed by atoms with Gasteiger partial charge in [-0.25, -0.2) is 13.6 Å². The molecule has 23 heavy (non-hydrogen) atoms. The lowest BCUT2D eigenvalue weighted by atomic mass is 10.1. The molecular formula is C16H11ClF2N2O2. The fourth-order valence-corrected chi connectivity index (χ4v) is 2.60. The molecule has 0 aliphatic carbocycles. The number of fused-ring (bicyclic) bond motifs is 1. The summed E-state index contributed by atoms with van der Waals surface area (Å²) in [5.41, 5.74) is -1.30. The minimum absolute atomic E-state index is 0.0749. The molecule has 3 aromatic rings. The fourth-order valence-electron chi connectivity index (χ4n) is 2.38. The number of rotatable bonds is 2. The largest absolute Gasteiger partial charge is 0.333 e. The van der Waals surface area contributed by atoms with Crippen LogP contribution in [-0.2, 0) is 5.92 Å². The lowest BCUT2D eigenvalue weighted by Crippen LogP contribution is -2.29. The van der Waals surface area contributed by atoms with Gasteiger partial charge in [0.25, 0.3) is 11.5 Å². The van der Waals surface area contributed by atoms with E-state index in [2.05, 4.69) is 4.98 Å². The quantitative estimate of drug-likeness (QED) is 0.779. The standard InChI is InChI=1S/C16H11ClF2N2O2/c1-16(18,19)9-6-7-10-13(8-9)21(15(23)20-14(10)22)12-5-3-2-4-11(12)17/h2-8H,1H3,(H,20,22,23). The van der Waals surface area contributed by atoms with Crippen LogP contribution in [0.1, 0.15) is 12.5 Å². The van der Waals surface area contributed by atoms with E-state index in [1.54, 1.807) is 24.3 Å². The highest BCUT2D eigenvalue weighted by Gasteiger charge is 2.25. The summed E-state index contributed by atoms with van der Waals surface area (Å²) in [5.74, 6) is -3.10. The SMILES string of the molecule is CC(F)(F)c1ccc2c(=O)[nH]c(=O)n(-c3ccccc3Cl)c2c1. The predicted molar refractivity (Wildman–Crippen MR) is 84.7 cm³/mol. The van der Waals surface area contributed by atoms with Crippen molar-refractivity contribution in [1.82, 2.24) is 9.55 Å². The van der Waals surface area contributed by atoms with Crippen molar-refractivity contribution >= 4 is 22.5 Å². The Hall–Kier alpha value is -2.47. The predicted octanol–water partition coefficient (Wildman–Crippen LogP) is 3.44. The van der Waals surface area contributed by atoms with Gasteiger partial charge in [-0.2, -0.15) is 0 Å². The van der Waals surface area contributed by atoms with Crippen molar-refractivity contribution in [3.05, 3.63) is 73.9 Å². The van der Waals surface area contributed by atoms with Gasteiger partial charge in [0, 0.05) is 12.5 Å². The van der Waals surface area contributed by atoms with E-state index in [1.165, 1.54) is 12.1 Å². The first kappa shape index (κ1) is 15.4. The Morgan fingerprint density at radius 1 is 1.13 bits per heavy atom. The zero-order chi connectivity index (χ0) is 16.8. The second-order valence-electron chi connectivity index (χ2n) is 5.17. The Morgan fingerprint density at radius 3 is 2.48 bits per heavy atom. The van der Waals surface area contributed by atoms with Crippen molar-refractivity contribution in [1.29, 1.82) is 0 Å². The Bertz CT molecular complexity index is 1020. The molecule has 4 nitrogen and oxygen atoms in total. The zero-order valence-corrected chi connectivity index (χ0v) is 12.7. The van der Waals surface area contributed by atoms with Crippen LogP contribution >= 0.6 is 11.6 Å². The number of nitrogens with zero attached hydrogens (tertiary/aromatic N) is 1. The molecule has 0 amide bonds. The molecule has 3 rings (SSSR count). The van der Waals surface area contributed by atoms with Gasteiger partial charge in [-0.05, 0) is 24.3 Å². The van der Waals surface area contributed by atoms with E-state index in [1.807, 2.05) is 0 Å². The monoisotopic (exact) mass is 336 g/mol. The van der Waals surface area contributed by atoms with Gasteiger partial charge in [0.15, 0.2) is 0 Å². The van der Waals surface area contributed by atoms with Crippen LogP contribution in [0.2, 0.25) is 5.02 Å². The van der Waals surface area contributed by atoms with Crippen LogP contribution < -0.4 is 11.2 Å². The first-order valence-corrected chi connectivity index (χ1v) is 7.09. The number of nitrogens with one attached hydrogen (secondary N) is 1. The van der Waals surface area contributed by atoms with Crippen molar-refractivity contribution in [2.24, 2.45) is 0 Å². The Kier molecular flexibility index (Phi) is 3.56. The molecule has 0 unspecified atom stereocenters. The summed E-state index contributed by atoms with van der Waals surface area (Å²) in [7, 11) is 0. The van der Waals surface area contributed by atoms with Crippen LogP contribution in [0.15, 0.2) is 52.1 Å². The molecule has 0 bridgehead atoms. The van der Waals surface area contributed by atoms with Crippen molar-refractivity contribution in [2.75, 3.05) is 0 Å². The van der Waals surface area contributed by atoms with Gasteiger partial charge < -0.3 is 0 Å². The summed E-state index contributed by atoms with van der Waals surface area (Å²) >= 11 is 6.10. The van der Waals surface area contributed by atoms with Crippen LogP contribution in [0.3, 0.4) is 0 Å². The van der Waals surface area contributed by atoms with Crippen LogP contribution in [0.25, 0.3) is 16.6 Å². The van der Waals surface area contributed by atoms with E-state index in [-0.39, 0.29) is 21.5 Å². The van der Waals surface area contributed by atoms with E-state index >= 15 is 0 Å². The summed E-state index contributed by atoms with van der Waals surface area (Å²) in [6.45, 7) is 0.749. The molecule has 1 N–H and O–H groups in total. The Balaban J connectivity index is 2.48. The Morgan fingerprint density at radius 2 is 1.83 bits per heavy atom. The molecule has 0 radical (unpaired) electrons. The number of para-hydroxylation sites is 1. The normalized spacial score (nSPS) is 11.8. The number of hydrogen-bond acceptors (Lipinski definition) is 2. The van der Waals surface area contributed by atoms with Gasteiger partial charge in [-0.15, -0.1) is 0 Å². The van der Waals surface area contributed by atoms with E-state index in [0.29, 0.717) is 5.69 Å². The molecule has 1 heterocycles.